The van der Waals surface area contributed by atoms with Crippen LogP contribution in [0.15, 0.2) is 24.3 Å². The minimum Gasteiger partial charge on any atom is -0.512 e. The molecule has 2 rings (SSSR count). The lowest BCUT2D eigenvalue weighted by molar-refractivity contribution is -0.105. The first-order chi connectivity index (χ1) is 8.24. The molecule has 17 heavy (non-hydrogen) atoms. The minimum absolute atomic E-state index is 0.182. The van der Waals surface area contributed by atoms with E-state index in [1.807, 2.05) is 0 Å². The fraction of sp³-hybridized carbons (Fsp3) is 0.455. The molecule has 0 saturated carbocycles. The molecule has 1 aromatic rings. The summed E-state index contributed by atoms with van der Waals surface area (Å²) in [5.74, 6) is 1.05. The van der Waals surface area contributed by atoms with Gasteiger partial charge < -0.3 is 24.2 Å². The average Bonchev–Trinajstić information content (AvgIpc) is 2.32. The van der Waals surface area contributed by atoms with Gasteiger partial charge in [-0.1, -0.05) is 0 Å². The van der Waals surface area contributed by atoms with E-state index in [4.69, 9.17) is 19.5 Å². The third-order valence-corrected chi connectivity index (χ3v) is 2.47. The van der Waals surface area contributed by atoms with Crippen molar-refractivity contribution in [2.24, 2.45) is 0 Å². The molecule has 5 nitrogen and oxygen atoms in total. The van der Waals surface area contributed by atoms with E-state index in [1.54, 1.807) is 24.3 Å². The Morgan fingerprint density at radius 1 is 1.12 bits per heavy atom. The quantitative estimate of drug-likeness (QED) is 0.764. The molecule has 0 amide bonds. The Bertz CT molecular complexity index is 334. The zero-order valence-electron chi connectivity index (χ0n) is 9.41. The van der Waals surface area contributed by atoms with E-state index in [2.05, 4.69) is 4.65 Å². The summed E-state index contributed by atoms with van der Waals surface area (Å²) in [4.78, 5) is 0. The van der Waals surface area contributed by atoms with E-state index in [9.17, 15) is 0 Å². The largest absolute Gasteiger partial charge is 0.707 e. The summed E-state index contributed by atoms with van der Waals surface area (Å²) >= 11 is 0. The zero-order chi connectivity index (χ0) is 12.1. The first kappa shape index (κ1) is 12.2. The summed E-state index contributed by atoms with van der Waals surface area (Å²) in [5, 5.41) is 17.2. The molecule has 6 heteroatoms. The Labute approximate surface area is 100 Å². The number of hydrogen-bond acceptors (Lipinski definition) is 5. The van der Waals surface area contributed by atoms with Crippen LogP contribution < -0.4 is 9.39 Å². The molecule has 0 spiro atoms. The van der Waals surface area contributed by atoms with E-state index in [1.165, 1.54) is 0 Å². The Kier molecular flexibility index (Phi) is 4.25. The van der Waals surface area contributed by atoms with Crippen molar-refractivity contribution in [3.63, 3.8) is 0 Å². The summed E-state index contributed by atoms with van der Waals surface area (Å²) < 4.78 is 15.7. The fourth-order valence-corrected chi connectivity index (χ4v) is 1.67. The molecule has 1 aromatic carbocycles. The zero-order valence-corrected chi connectivity index (χ0v) is 9.41. The molecular weight excluding hydrogens is 223 g/mol. The summed E-state index contributed by atoms with van der Waals surface area (Å²) in [6.45, 7) is 0.739. The van der Waals surface area contributed by atoms with E-state index in [0.29, 0.717) is 11.5 Å². The molecule has 1 aliphatic rings. The van der Waals surface area contributed by atoms with Gasteiger partial charge in [0.05, 0.1) is 6.61 Å². The summed E-state index contributed by atoms with van der Waals surface area (Å²) in [7, 11) is -1.80. The van der Waals surface area contributed by atoms with Gasteiger partial charge in [-0.25, -0.2) is 0 Å². The van der Waals surface area contributed by atoms with Gasteiger partial charge in [0.1, 0.15) is 11.5 Å². The molecule has 1 aliphatic heterocycles. The molecular formula is C11H15BO5. The lowest BCUT2D eigenvalue weighted by Gasteiger charge is -2.23. The van der Waals surface area contributed by atoms with Gasteiger partial charge in [0.25, 0.3) is 0 Å². The minimum atomic E-state index is -1.80. The highest BCUT2D eigenvalue weighted by molar-refractivity contribution is 6.33. The molecule has 0 bridgehead atoms. The van der Waals surface area contributed by atoms with Crippen LogP contribution in [0.4, 0.5) is 0 Å². The maximum absolute atomic E-state index is 8.62. The van der Waals surface area contributed by atoms with Gasteiger partial charge >= 0.3 is 7.32 Å². The maximum Gasteiger partial charge on any atom is 0.707 e. The highest BCUT2D eigenvalue weighted by Crippen LogP contribution is 2.22. The van der Waals surface area contributed by atoms with Crippen LogP contribution in [0.3, 0.4) is 0 Å². The Morgan fingerprint density at radius 2 is 1.82 bits per heavy atom. The number of hydrogen-bond donors (Lipinski definition) is 2. The fourth-order valence-electron chi connectivity index (χ4n) is 1.67. The predicted octanol–water partition coefficient (Wildman–Crippen LogP) is 0.940. The van der Waals surface area contributed by atoms with Gasteiger partial charge in [0, 0.05) is 6.42 Å². The van der Waals surface area contributed by atoms with Crippen LogP contribution in [-0.4, -0.2) is 30.3 Å². The van der Waals surface area contributed by atoms with Crippen LogP contribution in [0.2, 0.25) is 0 Å². The standard InChI is InChI=1S/C11H15BO5/c13-12(14)17-10-6-4-9(5-7-10)16-11-3-1-2-8-15-11/h4-7,11,13-14H,1-3,8H2. The summed E-state index contributed by atoms with van der Waals surface area (Å²) in [5.41, 5.74) is 0. The van der Waals surface area contributed by atoms with Crippen LogP contribution in [0, 0.1) is 0 Å². The third-order valence-electron chi connectivity index (χ3n) is 2.47. The normalized spacial score (nSPS) is 19.8. The van der Waals surface area contributed by atoms with E-state index in [0.717, 1.165) is 25.9 Å². The van der Waals surface area contributed by atoms with Gasteiger partial charge in [0.2, 0.25) is 0 Å². The topological polar surface area (TPSA) is 68.2 Å². The molecule has 1 atom stereocenters. The lowest BCUT2D eigenvalue weighted by Crippen LogP contribution is -2.25. The lowest BCUT2D eigenvalue weighted by atomic mass is 10.2. The van der Waals surface area contributed by atoms with Crippen LogP contribution in [0.1, 0.15) is 19.3 Å². The van der Waals surface area contributed by atoms with Gasteiger partial charge in [-0.15, -0.1) is 0 Å². The van der Waals surface area contributed by atoms with E-state index in [-0.39, 0.29) is 6.29 Å². The van der Waals surface area contributed by atoms with E-state index >= 15 is 0 Å². The summed E-state index contributed by atoms with van der Waals surface area (Å²) in [6, 6.07) is 6.63. The predicted molar refractivity (Wildman–Crippen MR) is 61.5 cm³/mol. The molecule has 2 N–H and O–H groups in total. The smallest absolute Gasteiger partial charge is 0.512 e. The first-order valence-corrected chi connectivity index (χ1v) is 5.65. The number of ether oxygens (including phenoxy) is 2. The van der Waals surface area contributed by atoms with Crippen molar-refractivity contribution in [1.29, 1.82) is 0 Å². The molecule has 1 unspecified atom stereocenters. The molecule has 0 aromatic heterocycles. The van der Waals surface area contributed by atoms with Crippen molar-refractivity contribution in [1.82, 2.24) is 0 Å². The van der Waals surface area contributed by atoms with Crippen LogP contribution in [-0.2, 0) is 4.74 Å². The molecule has 1 fully saturated rings. The molecule has 1 saturated heterocycles. The SMILES string of the molecule is OB(O)Oc1ccc(OC2CCCCO2)cc1. The number of benzene rings is 1. The first-order valence-electron chi connectivity index (χ1n) is 5.65. The van der Waals surface area contributed by atoms with Crippen molar-refractivity contribution in [2.45, 2.75) is 25.6 Å². The third kappa shape index (κ3) is 3.92. The molecule has 0 radical (unpaired) electrons. The molecule has 0 aliphatic carbocycles. The van der Waals surface area contributed by atoms with Gasteiger partial charge in [-0.3, -0.25) is 0 Å². The van der Waals surface area contributed by atoms with Crippen molar-refractivity contribution >= 4 is 7.32 Å². The van der Waals surface area contributed by atoms with Gasteiger partial charge in [-0.2, -0.15) is 0 Å². The van der Waals surface area contributed by atoms with Gasteiger partial charge in [0.15, 0.2) is 6.29 Å². The second-order valence-corrected chi connectivity index (χ2v) is 3.83. The number of rotatable bonds is 4. The van der Waals surface area contributed by atoms with E-state index < -0.39 is 7.32 Å². The van der Waals surface area contributed by atoms with Crippen molar-refractivity contribution in [3.8, 4) is 11.5 Å². The van der Waals surface area contributed by atoms with Crippen molar-refractivity contribution in [2.75, 3.05) is 6.61 Å². The van der Waals surface area contributed by atoms with Gasteiger partial charge in [-0.05, 0) is 37.1 Å². The average molecular weight is 238 g/mol. The Morgan fingerprint density at radius 3 is 2.41 bits per heavy atom. The molecule has 92 valence electrons. The molecule has 1 heterocycles. The maximum atomic E-state index is 8.62. The van der Waals surface area contributed by atoms with Crippen molar-refractivity contribution < 1.29 is 24.2 Å². The summed E-state index contributed by atoms with van der Waals surface area (Å²) in [6.07, 6.45) is 2.91. The Balaban J connectivity index is 1.88. The second kappa shape index (κ2) is 5.91. The van der Waals surface area contributed by atoms with Crippen LogP contribution >= 0.6 is 0 Å². The van der Waals surface area contributed by atoms with Crippen molar-refractivity contribution in [3.05, 3.63) is 24.3 Å². The second-order valence-electron chi connectivity index (χ2n) is 3.83. The van der Waals surface area contributed by atoms with Crippen LogP contribution in [0.25, 0.3) is 0 Å². The Hall–Kier alpha value is -1.24. The van der Waals surface area contributed by atoms with Crippen LogP contribution in [0.5, 0.6) is 11.5 Å². The highest BCUT2D eigenvalue weighted by Gasteiger charge is 2.15. The monoisotopic (exact) mass is 238 g/mol. The highest BCUT2D eigenvalue weighted by atomic mass is 16.7.